The maximum atomic E-state index is 11.3. The molecule has 0 bridgehead atoms. The number of aliphatic hydroxyl groups is 1. The van der Waals surface area contributed by atoms with Gasteiger partial charge in [-0.25, -0.2) is 4.79 Å². The summed E-state index contributed by atoms with van der Waals surface area (Å²) in [6.07, 6.45) is -0.118. The molecule has 1 saturated heterocycles. The molecule has 0 aromatic carbocycles. The Morgan fingerprint density at radius 2 is 1.57 bits per heavy atom. The maximum Gasteiger partial charge on any atom is 0.333 e. The van der Waals surface area contributed by atoms with Crippen LogP contribution in [0.1, 0.15) is 47.0 Å². The van der Waals surface area contributed by atoms with E-state index in [2.05, 4.69) is 4.84 Å². The molecule has 0 saturated carbocycles. The number of hydrogen-bond acceptors (Lipinski definition) is 7. The third-order valence-corrected chi connectivity index (χ3v) is 2.30. The third kappa shape index (κ3) is 7.40. The molecule has 21 heavy (non-hydrogen) atoms. The SMILES string of the molecule is C.C.O=C(CCC(=O)ON1C(=O)CCC1=O)OCCCO. The van der Waals surface area contributed by atoms with E-state index in [1.54, 1.807) is 0 Å². The van der Waals surface area contributed by atoms with Gasteiger partial charge in [0, 0.05) is 25.9 Å². The quantitative estimate of drug-likeness (QED) is 0.416. The maximum absolute atomic E-state index is 11.3. The predicted molar refractivity (Wildman–Crippen MR) is 72.5 cm³/mol. The molecule has 1 heterocycles. The number of carbonyl (C=O) groups excluding carboxylic acids is 4. The van der Waals surface area contributed by atoms with Crippen molar-refractivity contribution in [1.82, 2.24) is 5.06 Å². The molecule has 1 aliphatic heterocycles. The molecular formula is C13H23NO7. The second kappa shape index (κ2) is 10.8. The van der Waals surface area contributed by atoms with Crippen molar-refractivity contribution in [1.29, 1.82) is 0 Å². The minimum atomic E-state index is -0.845. The van der Waals surface area contributed by atoms with E-state index in [0.717, 1.165) is 0 Å². The summed E-state index contributed by atoms with van der Waals surface area (Å²) >= 11 is 0. The minimum absolute atomic E-state index is 0. The van der Waals surface area contributed by atoms with Crippen molar-refractivity contribution < 1.29 is 33.9 Å². The van der Waals surface area contributed by atoms with Crippen molar-refractivity contribution in [3.63, 3.8) is 0 Å². The lowest BCUT2D eigenvalue weighted by Gasteiger charge is -2.12. The number of ether oxygens (including phenoxy) is 1. The Morgan fingerprint density at radius 3 is 2.10 bits per heavy atom. The zero-order valence-electron chi connectivity index (χ0n) is 10.3. The average molecular weight is 305 g/mol. The number of rotatable bonds is 7. The van der Waals surface area contributed by atoms with Crippen molar-refractivity contribution >= 4 is 23.8 Å². The summed E-state index contributed by atoms with van der Waals surface area (Å²) in [5.41, 5.74) is 0. The Kier molecular flexibility index (Phi) is 11.0. The van der Waals surface area contributed by atoms with E-state index in [1.165, 1.54) is 0 Å². The second-order valence-corrected chi connectivity index (χ2v) is 3.84. The van der Waals surface area contributed by atoms with Gasteiger partial charge in [0.1, 0.15) is 0 Å². The van der Waals surface area contributed by atoms with Crippen molar-refractivity contribution in [3.05, 3.63) is 0 Å². The average Bonchev–Trinajstić information content (AvgIpc) is 2.68. The zero-order valence-corrected chi connectivity index (χ0v) is 10.3. The fourth-order valence-electron chi connectivity index (χ4n) is 1.33. The number of imide groups is 1. The Balaban J connectivity index is 0. The molecule has 0 aliphatic carbocycles. The molecule has 1 aliphatic rings. The molecule has 8 nitrogen and oxygen atoms in total. The van der Waals surface area contributed by atoms with Crippen LogP contribution in [0, 0.1) is 0 Å². The van der Waals surface area contributed by atoms with Gasteiger partial charge >= 0.3 is 11.9 Å². The summed E-state index contributed by atoms with van der Waals surface area (Å²) in [6, 6.07) is 0. The zero-order chi connectivity index (χ0) is 14.3. The van der Waals surface area contributed by atoms with Gasteiger partial charge in [-0.15, -0.1) is 5.06 Å². The normalized spacial score (nSPS) is 13.3. The summed E-state index contributed by atoms with van der Waals surface area (Å²) in [4.78, 5) is 49.3. The molecule has 0 radical (unpaired) electrons. The Labute approximate surface area is 124 Å². The first-order chi connectivity index (χ1) is 9.04. The van der Waals surface area contributed by atoms with Gasteiger partial charge in [0.2, 0.25) is 0 Å². The van der Waals surface area contributed by atoms with E-state index in [9.17, 15) is 19.2 Å². The molecule has 1 rings (SSSR count). The highest BCUT2D eigenvalue weighted by Gasteiger charge is 2.32. The number of hydrogen-bond donors (Lipinski definition) is 1. The van der Waals surface area contributed by atoms with Gasteiger partial charge in [-0.05, 0) is 0 Å². The van der Waals surface area contributed by atoms with Crippen LogP contribution in [0.5, 0.6) is 0 Å². The van der Waals surface area contributed by atoms with Crippen molar-refractivity contribution in [2.24, 2.45) is 0 Å². The van der Waals surface area contributed by atoms with Crippen molar-refractivity contribution in [2.45, 2.75) is 47.0 Å². The van der Waals surface area contributed by atoms with E-state index < -0.39 is 23.8 Å². The Hall–Kier alpha value is -1.96. The first-order valence-corrected chi connectivity index (χ1v) is 5.87. The van der Waals surface area contributed by atoms with E-state index in [-0.39, 0.29) is 53.8 Å². The highest BCUT2D eigenvalue weighted by atomic mass is 16.7. The molecule has 2 amide bonds. The van der Waals surface area contributed by atoms with Crippen LogP contribution in [0.4, 0.5) is 0 Å². The Morgan fingerprint density at radius 1 is 1.05 bits per heavy atom. The third-order valence-electron chi connectivity index (χ3n) is 2.30. The molecule has 1 fully saturated rings. The van der Waals surface area contributed by atoms with Gasteiger partial charge in [-0.1, -0.05) is 14.9 Å². The topological polar surface area (TPSA) is 110 Å². The molecule has 0 spiro atoms. The fourth-order valence-corrected chi connectivity index (χ4v) is 1.33. The summed E-state index contributed by atoms with van der Waals surface area (Å²) < 4.78 is 4.69. The van der Waals surface area contributed by atoms with E-state index in [0.29, 0.717) is 11.5 Å². The first-order valence-electron chi connectivity index (χ1n) is 5.87. The van der Waals surface area contributed by atoms with Crippen molar-refractivity contribution in [3.8, 4) is 0 Å². The van der Waals surface area contributed by atoms with Gasteiger partial charge in [0.05, 0.1) is 19.4 Å². The summed E-state index contributed by atoms with van der Waals surface area (Å²) in [7, 11) is 0. The monoisotopic (exact) mass is 305 g/mol. The largest absolute Gasteiger partial charge is 0.466 e. The summed E-state index contributed by atoms with van der Waals surface area (Å²) in [6.45, 7) is -0.0119. The molecule has 8 heteroatoms. The van der Waals surface area contributed by atoms with Crippen LogP contribution in [-0.2, 0) is 28.8 Å². The van der Waals surface area contributed by atoms with Gasteiger partial charge in [0.25, 0.3) is 11.8 Å². The smallest absolute Gasteiger partial charge is 0.333 e. The van der Waals surface area contributed by atoms with Crippen LogP contribution in [0.25, 0.3) is 0 Å². The van der Waals surface area contributed by atoms with E-state index in [1.807, 2.05) is 0 Å². The van der Waals surface area contributed by atoms with Crippen LogP contribution in [0.3, 0.4) is 0 Å². The van der Waals surface area contributed by atoms with Crippen LogP contribution in [-0.4, -0.2) is 47.1 Å². The van der Waals surface area contributed by atoms with Gasteiger partial charge < -0.3 is 14.7 Å². The molecule has 0 unspecified atom stereocenters. The lowest BCUT2D eigenvalue weighted by molar-refractivity contribution is -0.197. The van der Waals surface area contributed by atoms with Crippen LogP contribution >= 0.6 is 0 Å². The Bertz CT molecular complexity index is 365. The van der Waals surface area contributed by atoms with Crippen molar-refractivity contribution in [2.75, 3.05) is 13.2 Å². The number of nitrogens with zero attached hydrogens (tertiary/aromatic N) is 1. The predicted octanol–water partition coefficient (Wildman–Crippen LogP) is 0.572. The first kappa shape index (κ1) is 21.3. The second-order valence-electron chi connectivity index (χ2n) is 3.84. The lowest BCUT2D eigenvalue weighted by atomic mass is 10.3. The van der Waals surface area contributed by atoms with E-state index >= 15 is 0 Å². The van der Waals surface area contributed by atoms with E-state index in [4.69, 9.17) is 9.84 Å². The number of amides is 2. The molecule has 0 aromatic heterocycles. The van der Waals surface area contributed by atoms with Gasteiger partial charge in [0.15, 0.2) is 0 Å². The number of carbonyl (C=O) groups is 4. The van der Waals surface area contributed by atoms with Crippen LogP contribution < -0.4 is 0 Å². The van der Waals surface area contributed by atoms with Crippen LogP contribution in [0.15, 0.2) is 0 Å². The highest BCUT2D eigenvalue weighted by molar-refractivity contribution is 6.01. The van der Waals surface area contributed by atoms with Gasteiger partial charge in [-0.3, -0.25) is 14.4 Å². The highest BCUT2D eigenvalue weighted by Crippen LogP contribution is 2.12. The number of esters is 1. The molecule has 0 atom stereocenters. The summed E-state index contributed by atoms with van der Waals surface area (Å²) in [5, 5.41) is 8.90. The lowest BCUT2D eigenvalue weighted by Crippen LogP contribution is -2.32. The fraction of sp³-hybridized carbons (Fsp3) is 0.692. The molecule has 122 valence electrons. The van der Waals surface area contributed by atoms with Crippen LogP contribution in [0.2, 0.25) is 0 Å². The molecular weight excluding hydrogens is 282 g/mol. The summed E-state index contributed by atoms with van der Waals surface area (Å²) in [5.74, 6) is -2.58. The number of aliphatic hydroxyl groups excluding tert-OH is 1. The molecule has 0 aromatic rings. The van der Waals surface area contributed by atoms with Gasteiger partial charge in [-0.2, -0.15) is 0 Å². The number of hydroxylamine groups is 2. The molecule has 1 N–H and O–H groups in total. The minimum Gasteiger partial charge on any atom is -0.466 e. The standard InChI is InChI=1S/C11H15NO7.2CH4/c13-6-1-7-18-10(16)4-5-11(17)19-12-8(14)2-3-9(12)15;;/h13H,1-7H2;2*1H4.